The molecule has 1 atom stereocenters. The van der Waals surface area contributed by atoms with Crippen molar-refractivity contribution >= 4 is 5.91 Å². The second-order valence-corrected chi connectivity index (χ2v) is 3.05. The molecule has 5 nitrogen and oxygen atoms in total. The third-order valence-corrected chi connectivity index (χ3v) is 2.00. The number of aromatic nitrogens is 3. The van der Waals surface area contributed by atoms with E-state index < -0.39 is 18.1 Å². The summed E-state index contributed by atoms with van der Waals surface area (Å²) in [5.41, 5.74) is 4.66. The number of rotatable bonds is 2. The van der Waals surface area contributed by atoms with E-state index in [0.717, 1.165) is 6.92 Å². The summed E-state index contributed by atoms with van der Waals surface area (Å²) in [6.45, 7) is 2.23. The van der Waals surface area contributed by atoms with Crippen molar-refractivity contribution < 1.29 is 18.0 Å². The third-order valence-electron chi connectivity index (χ3n) is 2.00. The molecule has 1 unspecified atom stereocenters. The first-order chi connectivity index (χ1) is 6.75. The Hall–Kier alpha value is -1.60. The predicted octanol–water partition coefficient (Wildman–Crippen LogP) is 0.809. The van der Waals surface area contributed by atoms with Crippen molar-refractivity contribution in [2.45, 2.75) is 26.1 Å². The van der Waals surface area contributed by atoms with Gasteiger partial charge in [-0.3, -0.25) is 4.79 Å². The Morgan fingerprint density at radius 2 is 2.07 bits per heavy atom. The zero-order chi connectivity index (χ0) is 11.8. The Balaban J connectivity index is 3.12. The van der Waals surface area contributed by atoms with Crippen molar-refractivity contribution in [3.63, 3.8) is 0 Å². The Morgan fingerprint density at radius 1 is 1.53 bits per heavy atom. The molecular formula is C7H9F3N4O. The summed E-state index contributed by atoms with van der Waals surface area (Å²) in [5, 5.41) is 6.54. The van der Waals surface area contributed by atoms with Gasteiger partial charge < -0.3 is 5.73 Å². The van der Waals surface area contributed by atoms with Gasteiger partial charge in [0.25, 0.3) is 5.91 Å². The van der Waals surface area contributed by atoms with Crippen LogP contribution in [0.1, 0.15) is 29.1 Å². The van der Waals surface area contributed by atoms with Crippen LogP contribution in [0, 0.1) is 6.92 Å². The molecule has 8 heteroatoms. The molecule has 0 saturated carbocycles. The number of carbonyl (C=O) groups excluding carboxylic acids is 1. The first kappa shape index (κ1) is 11.5. The molecule has 1 amide bonds. The van der Waals surface area contributed by atoms with Gasteiger partial charge in [-0.2, -0.15) is 13.2 Å². The van der Waals surface area contributed by atoms with Crippen LogP contribution in [0.5, 0.6) is 0 Å². The van der Waals surface area contributed by atoms with Crippen molar-refractivity contribution in [2.75, 3.05) is 0 Å². The fraction of sp³-hybridized carbons (Fsp3) is 0.571. The number of hydrogen-bond donors (Lipinski definition) is 1. The zero-order valence-electron chi connectivity index (χ0n) is 8.04. The van der Waals surface area contributed by atoms with Gasteiger partial charge >= 0.3 is 6.18 Å². The molecule has 15 heavy (non-hydrogen) atoms. The maximum Gasteiger partial charge on any atom is 0.410 e. The minimum atomic E-state index is -4.44. The maximum absolute atomic E-state index is 12.3. The van der Waals surface area contributed by atoms with E-state index in [1.54, 1.807) is 0 Å². The van der Waals surface area contributed by atoms with E-state index in [0.29, 0.717) is 4.68 Å². The van der Waals surface area contributed by atoms with Crippen LogP contribution >= 0.6 is 0 Å². The number of amides is 1. The second-order valence-electron chi connectivity index (χ2n) is 3.05. The Kier molecular flexibility index (Phi) is 2.69. The molecule has 0 radical (unpaired) electrons. The molecule has 1 rings (SSSR count). The molecular weight excluding hydrogens is 213 g/mol. The normalized spacial score (nSPS) is 13.9. The Bertz CT molecular complexity index is 384. The second kappa shape index (κ2) is 3.52. The van der Waals surface area contributed by atoms with E-state index in [1.165, 1.54) is 6.92 Å². The molecule has 0 aromatic carbocycles. The highest BCUT2D eigenvalue weighted by atomic mass is 19.4. The van der Waals surface area contributed by atoms with Gasteiger partial charge in [0.15, 0.2) is 5.69 Å². The Morgan fingerprint density at radius 3 is 2.40 bits per heavy atom. The molecule has 2 N–H and O–H groups in total. The van der Waals surface area contributed by atoms with Crippen LogP contribution in [0.25, 0.3) is 0 Å². The summed E-state index contributed by atoms with van der Waals surface area (Å²) in [5.74, 6) is -0.895. The standard InChI is InChI=1S/C7H9F3N4O/c1-3-5(6(11)15)12-13-14(3)4(2)7(8,9)10/h4H,1-2H3,(H2,11,15). The molecule has 1 aromatic rings. The number of nitrogens with two attached hydrogens (primary N) is 1. The van der Waals surface area contributed by atoms with Crippen LogP contribution in [0.2, 0.25) is 0 Å². The molecule has 1 aromatic heterocycles. The van der Waals surface area contributed by atoms with E-state index in [-0.39, 0.29) is 11.4 Å². The largest absolute Gasteiger partial charge is 0.410 e. The Labute approximate surface area is 83.0 Å². The first-order valence-corrected chi connectivity index (χ1v) is 4.03. The highest BCUT2D eigenvalue weighted by Gasteiger charge is 2.39. The predicted molar refractivity (Wildman–Crippen MR) is 44.0 cm³/mol. The molecule has 0 aliphatic carbocycles. The minimum absolute atomic E-state index is 0.00678. The van der Waals surface area contributed by atoms with E-state index in [9.17, 15) is 18.0 Å². The van der Waals surface area contributed by atoms with Gasteiger partial charge in [0.1, 0.15) is 6.04 Å². The van der Waals surface area contributed by atoms with E-state index in [1.807, 2.05) is 0 Å². The van der Waals surface area contributed by atoms with Gasteiger partial charge in [0.2, 0.25) is 0 Å². The SMILES string of the molecule is Cc1c(C(N)=O)nnn1C(C)C(F)(F)F. The fourth-order valence-corrected chi connectivity index (χ4v) is 1.08. The molecule has 0 aliphatic rings. The van der Waals surface area contributed by atoms with Crippen molar-refractivity contribution in [3.05, 3.63) is 11.4 Å². The number of halogens is 3. The molecule has 0 saturated heterocycles. The van der Waals surface area contributed by atoms with Crippen molar-refractivity contribution in [2.24, 2.45) is 5.73 Å². The molecule has 1 heterocycles. The van der Waals surface area contributed by atoms with Crippen LogP contribution in [0.15, 0.2) is 0 Å². The van der Waals surface area contributed by atoms with Gasteiger partial charge in [-0.25, -0.2) is 4.68 Å². The average molecular weight is 222 g/mol. The molecule has 84 valence electrons. The molecule has 0 aliphatic heterocycles. The number of primary amides is 1. The quantitative estimate of drug-likeness (QED) is 0.804. The summed E-state index contributed by atoms with van der Waals surface area (Å²) in [6, 6.07) is -1.84. The number of nitrogens with zero attached hydrogens (tertiary/aromatic N) is 3. The highest BCUT2D eigenvalue weighted by Crippen LogP contribution is 2.30. The topological polar surface area (TPSA) is 73.8 Å². The number of carbonyl (C=O) groups is 1. The summed E-state index contributed by atoms with van der Waals surface area (Å²) in [7, 11) is 0. The number of hydrogen-bond acceptors (Lipinski definition) is 3. The van der Waals surface area contributed by atoms with Crippen LogP contribution in [0.4, 0.5) is 13.2 Å². The van der Waals surface area contributed by atoms with Crippen molar-refractivity contribution in [1.82, 2.24) is 15.0 Å². The number of alkyl halides is 3. The van der Waals surface area contributed by atoms with Gasteiger partial charge in [-0.1, -0.05) is 5.21 Å². The van der Waals surface area contributed by atoms with Crippen LogP contribution in [-0.2, 0) is 0 Å². The minimum Gasteiger partial charge on any atom is -0.364 e. The van der Waals surface area contributed by atoms with Gasteiger partial charge in [-0.15, -0.1) is 5.10 Å². The van der Waals surface area contributed by atoms with Crippen molar-refractivity contribution in [3.8, 4) is 0 Å². The van der Waals surface area contributed by atoms with E-state index in [2.05, 4.69) is 10.3 Å². The fourth-order valence-electron chi connectivity index (χ4n) is 1.08. The highest BCUT2D eigenvalue weighted by molar-refractivity contribution is 5.91. The van der Waals surface area contributed by atoms with Crippen LogP contribution in [0.3, 0.4) is 0 Å². The summed E-state index contributed by atoms with van der Waals surface area (Å²) >= 11 is 0. The lowest BCUT2D eigenvalue weighted by Gasteiger charge is -2.16. The van der Waals surface area contributed by atoms with Gasteiger partial charge in [-0.05, 0) is 13.8 Å². The summed E-state index contributed by atoms with van der Waals surface area (Å²) in [4.78, 5) is 10.7. The first-order valence-electron chi connectivity index (χ1n) is 4.03. The lowest BCUT2D eigenvalue weighted by molar-refractivity contribution is -0.166. The lowest BCUT2D eigenvalue weighted by Crippen LogP contribution is -2.26. The van der Waals surface area contributed by atoms with E-state index in [4.69, 9.17) is 5.73 Å². The maximum atomic E-state index is 12.3. The van der Waals surface area contributed by atoms with Crippen LogP contribution in [-0.4, -0.2) is 27.1 Å². The molecule has 0 bridgehead atoms. The van der Waals surface area contributed by atoms with Gasteiger partial charge in [0, 0.05) is 0 Å². The van der Waals surface area contributed by atoms with Crippen molar-refractivity contribution in [1.29, 1.82) is 0 Å². The average Bonchev–Trinajstić information content (AvgIpc) is 2.44. The zero-order valence-corrected chi connectivity index (χ0v) is 8.04. The molecule has 0 fully saturated rings. The monoisotopic (exact) mass is 222 g/mol. The van der Waals surface area contributed by atoms with E-state index >= 15 is 0 Å². The smallest absolute Gasteiger partial charge is 0.364 e. The summed E-state index contributed by atoms with van der Waals surface area (Å²) in [6.07, 6.45) is -4.44. The van der Waals surface area contributed by atoms with Crippen LogP contribution < -0.4 is 5.73 Å². The third kappa shape index (κ3) is 2.08. The lowest BCUT2D eigenvalue weighted by atomic mass is 10.3. The van der Waals surface area contributed by atoms with Gasteiger partial charge in [0.05, 0.1) is 5.69 Å². The molecule has 0 spiro atoms. The summed E-state index contributed by atoms with van der Waals surface area (Å²) < 4.78 is 37.6.